The van der Waals surface area contributed by atoms with Crippen LogP contribution in [0.2, 0.25) is 0 Å². The van der Waals surface area contributed by atoms with Crippen LogP contribution in [0.3, 0.4) is 0 Å². The largest absolute Gasteiger partial charge is 0.475 e. The first-order valence-electron chi connectivity index (χ1n) is 13.3. The fourth-order valence-electron chi connectivity index (χ4n) is 4.83. The molecule has 2 aliphatic rings. The van der Waals surface area contributed by atoms with E-state index in [0.29, 0.717) is 44.0 Å². The van der Waals surface area contributed by atoms with E-state index in [9.17, 15) is 13.2 Å². The number of methoxy groups -OCH3 is 1. The fraction of sp³-hybridized carbons (Fsp3) is 0.423. The third-order valence-corrected chi connectivity index (χ3v) is 9.66. The lowest BCUT2D eigenvalue weighted by Crippen LogP contribution is -2.47. The molecule has 1 atom stereocenters. The second kappa shape index (κ2) is 12.3. The number of piperazine rings is 1. The standard InChI is InChI=1S/C26H31Cl2N8O5S/c1-4-21-22-23(32-36(21,28)17-18-7-5-6-8-29-18)26(37)35(27)24(31-22)20-15-19(16-30-25(20)41-14-13-40-3)42(38,39)34-11-9-33(2)10-12-34/h5-8,15-16H,4,9-14,17H2,1-3H3/q+1. The minimum Gasteiger partial charge on any atom is -0.475 e. The van der Waals surface area contributed by atoms with Crippen LogP contribution in [-0.2, 0) is 21.3 Å². The Morgan fingerprint density at radius 3 is 2.55 bits per heavy atom. The molecule has 2 aliphatic heterocycles. The van der Waals surface area contributed by atoms with Crippen molar-refractivity contribution in [3.8, 4) is 17.3 Å². The van der Waals surface area contributed by atoms with Crippen LogP contribution in [0.1, 0.15) is 19.0 Å². The number of pyridine rings is 2. The van der Waals surface area contributed by atoms with Crippen molar-refractivity contribution in [3.05, 3.63) is 63.4 Å². The second-order valence-corrected chi connectivity index (χ2v) is 12.7. The molecule has 1 unspecified atom stereocenters. The van der Waals surface area contributed by atoms with Crippen LogP contribution in [0, 0.1) is 0 Å². The van der Waals surface area contributed by atoms with Crippen LogP contribution in [0.25, 0.3) is 17.1 Å². The Hall–Kier alpha value is -2.98. The number of nitrogens with zero attached hydrogens (tertiary/aromatic N) is 8. The van der Waals surface area contributed by atoms with E-state index in [2.05, 4.69) is 20.0 Å². The van der Waals surface area contributed by atoms with Crippen molar-refractivity contribution in [2.75, 3.05) is 53.6 Å². The Kier molecular flexibility index (Phi) is 8.94. The Bertz CT molecular complexity index is 1770. The maximum Gasteiger partial charge on any atom is 0.300 e. The van der Waals surface area contributed by atoms with Crippen LogP contribution in [0.15, 0.2) is 51.5 Å². The molecule has 1 fully saturated rings. The van der Waals surface area contributed by atoms with Crippen molar-refractivity contribution in [3.63, 3.8) is 0 Å². The molecular formula is C26H31Cl2N8O5S+. The molecule has 0 spiro atoms. The number of likely N-dealkylation sites (N-methyl/N-ethyl adjacent to an activating group) is 1. The molecule has 42 heavy (non-hydrogen) atoms. The molecule has 0 radical (unpaired) electrons. The molecular weight excluding hydrogens is 607 g/mol. The number of rotatable bonds is 10. The molecule has 16 heteroatoms. The number of ether oxygens (including phenoxy) is 2. The molecule has 0 aromatic carbocycles. The normalized spacial score (nSPS) is 19.5. The summed E-state index contributed by atoms with van der Waals surface area (Å²) in [7, 11) is -0.449. The van der Waals surface area contributed by atoms with Gasteiger partial charge in [0.15, 0.2) is 23.4 Å². The average Bonchev–Trinajstić information content (AvgIpc) is 3.26. The van der Waals surface area contributed by atoms with E-state index in [1.54, 1.807) is 12.3 Å². The zero-order chi connectivity index (χ0) is 30.1. The van der Waals surface area contributed by atoms with Gasteiger partial charge in [-0.1, -0.05) is 17.1 Å². The monoisotopic (exact) mass is 637 g/mol. The summed E-state index contributed by atoms with van der Waals surface area (Å²) in [5.74, 6) is -0.0152. The van der Waals surface area contributed by atoms with Crippen molar-refractivity contribution < 1.29 is 22.0 Å². The van der Waals surface area contributed by atoms with Gasteiger partial charge < -0.3 is 14.4 Å². The van der Waals surface area contributed by atoms with Gasteiger partial charge in [0, 0.05) is 57.7 Å². The number of fused-ring (bicyclic) bond motifs is 1. The first kappa shape index (κ1) is 30.5. The zero-order valence-electron chi connectivity index (χ0n) is 23.4. The van der Waals surface area contributed by atoms with Gasteiger partial charge in [-0.2, -0.15) is 8.39 Å². The number of quaternary nitrogens is 1. The Balaban J connectivity index is 1.67. The van der Waals surface area contributed by atoms with Crippen LogP contribution in [0.5, 0.6) is 5.88 Å². The Morgan fingerprint density at radius 1 is 1.12 bits per heavy atom. The lowest BCUT2D eigenvalue weighted by Gasteiger charge is -2.31. The van der Waals surface area contributed by atoms with E-state index in [1.807, 2.05) is 26.1 Å². The molecule has 13 nitrogen and oxygen atoms in total. The van der Waals surface area contributed by atoms with E-state index in [1.165, 1.54) is 23.7 Å². The first-order chi connectivity index (χ1) is 20.1. The van der Waals surface area contributed by atoms with Crippen molar-refractivity contribution in [1.82, 2.24) is 28.2 Å². The summed E-state index contributed by atoms with van der Waals surface area (Å²) in [6.07, 6.45) is 3.30. The smallest absolute Gasteiger partial charge is 0.300 e. The van der Waals surface area contributed by atoms with Gasteiger partial charge in [-0.05, 0) is 30.3 Å². The maximum atomic E-state index is 13.6. The molecule has 5 rings (SSSR count). The summed E-state index contributed by atoms with van der Waals surface area (Å²) in [6.45, 7) is 4.28. The minimum atomic E-state index is -3.91. The van der Waals surface area contributed by atoms with Crippen LogP contribution >= 0.6 is 23.6 Å². The Labute approximate surface area is 253 Å². The lowest BCUT2D eigenvalue weighted by atomic mass is 10.2. The molecule has 0 bridgehead atoms. The van der Waals surface area contributed by atoms with Gasteiger partial charge in [-0.3, -0.25) is 9.78 Å². The van der Waals surface area contributed by atoms with Crippen molar-refractivity contribution in [2.45, 2.75) is 24.8 Å². The molecule has 0 aliphatic carbocycles. The number of hydrogen-bond donors (Lipinski definition) is 0. The van der Waals surface area contributed by atoms with Gasteiger partial charge >= 0.3 is 5.56 Å². The maximum absolute atomic E-state index is 13.6. The minimum absolute atomic E-state index is 0.00689. The van der Waals surface area contributed by atoms with E-state index < -0.39 is 19.7 Å². The molecule has 3 aromatic heterocycles. The quantitative estimate of drug-likeness (QED) is 0.235. The third-order valence-electron chi connectivity index (χ3n) is 7.08. The zero-order valence-corrected chi connectivity index (χ0v) is 25.7. The van der Waals surface area contributed by atoms with Gasteiger partial charge in [0.05, 0.1) is 24.1 Å². The van der Waals surface area contributed by atoms with Gasteiger partial charge in [-0.25, -0.2) is 18.4 Å². The molecule has 0 N–H and O–H groups in total. The Morgan fingerprint density at radius 2 is 1.88 bits per heavy atom. The highest BCUT2D eigenvalue weighted by molar-refractivity contribution is 7.89. The van der Waals surface area contributed by atoms with E-state index in [0.717, 1.165) is 4.09 Å². The fourth-order valence-corrected chi connectivity index (χ4v) is 6.83. The topological polar surface area (TPSA) is 132 Å². The first-order valence-corrected chi connectivity index (χ1v) is 15.4. The predicted molar refractivity (Wildman–Crippen MR) is 155 cm³/mol. The number of aromatic nitrogens is 4. The van der Waals surface area contributed by atoms with Gasteiger partial charge in [0.2, 0.25) is 33.0 Å². The molecule has 5 heterocycles. The average molecular weight is 639 g/mol. The van der Waals surface area contributed by atoms with Crippen LogP contribution < -0.4 is 21.0 Å². The highest BCUT2D eigenvalue weighted by Gasteiger charge is 2.40. The van der Waals surface area contributed by atoms with Crippen molar-refractivity contribution >= 4 is 39.3 Å². The summed E-state index contributed by atoms with van der Waals surface area (Å²) >= 11 is 13.5. The summed E-state index contributed by atoms with van der Waals surface area (Å²) in [6, 6.07) is 6.82. The third kappa shape index (κ3) is 5.80. The summed E-state index contributed by atoms with van der Waals surface area (Å²) in [5, 5.41) is 4.76. The second-order valence-electron chi connectivity index (χ2n) is 9.85. The lowest BCUT2D eigenvalue weighted by molar-refractivity contribution is -0.765. The van der Waals surface area contributed by atoms with Gasteiger partial charge in [-0.15, -0.1) is 0 Å². The molecule has 3 aromatic rings. The summed E-state index contributed by atoms with van der Waals surface area (Å²) in [4.78, 5) is 28.9. The molecule has 224 valence electrons. The number of halogens is 2. The highest BCUT2D eigenvalue weighted by Crippen LogP contribution is 2.32. The molecule has 1 saturated heterocycles. The van der Waals surface area contributed by atoms with E-state index in [-0.39, 0.29) is 52.6 Å². The van der Waals surface area contributed by atoms with Crippen LogP contribution in [0.4, 0.5) is 0 Å². The van der Waals surface area contributed by atoms with Gasteiger partial charge in [0.25, 0.3) is 0 Å². The van der Waals surface area contributed by atoms with E-state index in [4.69, 9.17) is 38.0 Å². The van der Waals surface area contributed by atoms with E-state index >= 15 is 0 Å². The number of hydrogen-bond acceptors (Lipinski definition) is 10. The molecule has 0 amide bonds. The van der Waals surface area contributed by atoms with Crippen LogP contribution in [-0.4, -0.2) is 94.3 Å². The SMILES string of the molecule is CCC1=c2nc(-c3cc(S(=O)(=O)N4CCN(C)CC4)cnc3OCCOC)n(Cl)c(=O)c2=N[N+]1(Cl)Cc1ccccn1. The summed E-state index contributed by atoms with van der Waals surface area (Å²) < 4.78 is 39.8. The van der Waals surface area contributed by atoms with Gasteiger partial charge in [0.1, 0.15) is 11.5 Å². The van der Waals surface area contributed by atoms with Crippen molar-refractivity contribution in [2.24, 2.45) is 5.10 Å². The van der Waals surface area contributed by atoms with Crippen molar-refractivity contribution in [1.29, 1.82) is 0 Å². The predicted octanol–water partition coefficient (Wildman–Crippen LogP) is 0.901. The summed E-state index contributed by atoms with van der Waals surface area (Å²) in [5.41, 5.74) is 0.681. The molecule has 0 saturated carbocycles. The highest BCUT2D eigenvalue weighted by atomic mass is 35.5. The number of sulfonamides is 1.